The van der Waals surface area contributed by atoms with Gasteiger partial charge in [-0.15, -0.1) is 0 Å². The van der Waals surface area contributed by atoms with Crippen molar-refractivity contribution < 1.29 is 23.9 Å². The lowest BCUT2D eigenvalue weighted by Gasteiger charge is -2.57. The third-order valence-electron chi connectivity index (χ3n) is 8.91. The van der Waals surface area contributed by atoms with Crippen molar-refractivity contribution in [1.29, 1.82) is 0 Å². The normalized spacial score (nSPS) is 50.3. The van der Waals surface area contributed by atoms with E-state index in [-0.39, 0.29) is 41.1 Å². The van der Waals surface area contributed by atoms with Gasteiger partial charge in [-0.05, 0) is 69.3 Å². The maximum Gasteiger partial charge on any atom is 0.310 e. The first-order valence-corrected chi connectivity index (χ1v) is 10.4. The number of ketones is 1. The Morgan fingerprint density at radius 2 is 1.89 bits per heavy atom. The average molecular weight is 372 g/mol. The smallest absolute Gasteiger partial charge is 0.310 e. The van der Waals surface area contributed by atoms with Gasteiger partial charge in [-0.25, -0.2) is 0 Å². The summed E-state index contributed by atoms with van der Waals surface area (Å²) in [5.41, 5.74) is -0.177. The summed E-state index contributed by atoms with van der Waals surface area (Å²) < 4.78 is 11.5. The topological polar surface area (TPSA) is 69.7 Å². The molecule has 1 heterocycles. The summed E-state index contributed by atoms with van der Waals surface area (Å²) in [5.74, 6) is -0.00489. The van der Waals surface area contributed by atoms with Crippen LogP contribution in [0.4, 0.5) is 0 Å². The molecule has 5 aliphatic rings. The van der Waals surface area contributed by atoms with Crippen LogP contribution in [-0.2, 0) is 23.9 Å². The number of carbonyl (C=O) groups is 3. The number of hydrogen-bond donors (Lipinski definition) is 0. The van der Waals surface area contributed by atoms with Crippen LogP contribution in [0.1, 0.15) is 65.7 Å². The summed E-state index contributed by atoms with van der Waals surface area (Å²) >= 11 is 0. The summed E-state index contributed by atoms with van der Waals surface area (Å²) in [6.07, 6.45) is 8.04. The molecule has 0 unspecified atom stereocenters. The van der Waals surface area contributed by atoms with E-state index < -0.39 is 11.0 Å². The molecule has 0 aromatic carbocycles. The Morgan fingerprint density at radius 1 is 1.11 bits per heavy atom. The van der Waals surface area contributed by atoms with Crippen LogP contribution in [-0.4, -0.2) is 29.4 Å². The molecular weight excluding hydrogens is 344 g/mol. The van der Waals surface area contributed by atoms with Crippen molar-refractivity contribution in [3.63, 3.8) is 0 Å². The lowest BCUT2D eigenvalue weighted by atomic mass is 9.47. The van der Waals surface area contributed by atoms with Crippen molar-refractivity contribution in [2.75, 3.05) is 0 Å². The Kier molecular flexibility index (Phi) is 3.38. The molecule has 4 aliphatic carbocycles. The monoisotopic (exact) mass is 372 g/mol. The average Bonchev–Trinajstić information content (AvgIpc) is 3.02. The van der Waals surface area contributed by atoms with Crippen molar-refractivity contribution >= 4 is 17.7 Å². The van der Waals surface area contributed by atoms with Gasteiger partial charge in [0, 0.05) is 12.8 Å². The molecular formula is C22H28O5. The SMILES string of the molecule is CC(=O)O[C@H]1CC[C@]2(C)C3=CC(=O)[C@]4(C)[C@@H]5CC[C@]4(OC5=O)[C@@H]3CC[C@@H]2C1. The third kappa shape index (κ3) is 1.93. The molecule has 0 spiro atoms. The molecule has 3 saturated carbocycles. The quantitative estimate of drug-likeness (QED) is 0.660. The standard InChI is InChI=1S/C22H28O5/c1-12(23)26-14-6-8-20(2)13(10-14)4-5-15-17(20)11-18(24)21(3)16-7-9-22(15,21)27-19(16)25/h11,13-16H,4-10H2,1-3H3/t13-,14+,15-,16-,20+,21+,22+/m1/s1. The second-order valence-corrected chi connectivity index (χ2v) is 9.82. The summed E-state index contributed by atoms with van der Waals surface area (Å²) in [5, 5.41) is 0. The highest BCUT2D eigenvalue weighted by Crippen LogP contribution is 2.70. The van der Waals surface area contributed by atoms with Crippen LogP contribution < -0.4 is 0 Å². The first-order chi connectivity index (χ1) is 12.7. The second kappa shape index (κ2) is 5.24. The molecule has 0 N–H and O–H groups in total. The van der Waals surface area contributed by atoms with Crippen molar-refractivity contribution in [1.82, 2.24) is 0 Å². The van der Waals surface area contributed by atoms with Gasteiger partial charge in [0.15, 0.2) is 5.78 Å². The molecule has 0 aromatic rings. The Balaban J connectivity index is 1.53. The minimum Gasteiger partial charge on any atom is -0.463 e. The number of ether oxygens (including phenoxy) is 2. The fourth-order valence-electron chi connectivity index (χ4n) is 7.43. The molecule has 1 aliphatic heterocycles. The van der Waals surface area contributed by atoms with Crippen molar-refractivity contribution in [2.24, 2.45) is 28.6 Å². The highest BCUT2D eigenvalue weighted by atomic mass is 16.6. The number of esters is 2. The zero-order valence-electron chi connectivity index (χ0n) is 16.4. The molecule has 4 fully saturated rings. The van der Waals surface area contributed by atoms with Crippen LogP contribution >= 0.6 is 0 Å². The molecule has 27 heavy (non-hydrogen) atoms. The zero-order chi connectivity index (χ0) is 19.2. The Hall–Kier alpha value is -1.65. The molecule has 7 atom stereocenters. The first kappa shape index (κ1) is 17.4. The van der Waals surface area contributed by atoms with Gasteiger partial charge in [0.25, 0.3) is 0 Å². The summed E-state index contributed by atoms with van der Waals surface area (Å²) in [6, 6.07) is 0. The van der Waals surface area contributed by atoms with Gasteiger partial charge in [-0.1, -0.05) is 12.5 Å². The van der Waals surface area contributed by atoms with Crippen molar-refractivity contribution in [3.05, 3.63) is 11.6 Å². The van der Waals surface area contributed by atoms with E-state index in [1.807, 2.05) is 13.0 Å². The largest absolute Gasteiger partial charge is 0.463 e. The fraction of sp³-hybridized carbons (Fsp3) is 0.773. The lowest BCUT2D eigenvalue weighted by Crippen LogP contribution is -2.59. The first-order valence-electron chi connectivity index (χ1n) is 10.4. The number of rotatable bonds is 1. The molecule has 0 radical (unpaired) electrons. The minimum absolute atomic E-state index is 0.0133. The summed E-state index contributed by atoms with van der Waals surface area (Å²) in [6.45, 7) is 5.71. The molecule has 5 nitrogen and oxygen atoms in total. The van der Waals surface area contributed by atoms with E-state index in [0.717, 1.165) is 44.9 Å². The molecule has 0 amide bonds. The van der Waals surface area contributed by atoms with Crippen LogP contribution in [0.2, 0.25) is 0 Å². The number of allylic oxidation sites excluding steroid dienone is 1. The van der Waals surface area contributed by atoms with Gasteiger partial charge in [-0.3, -0.25) is 14.4 Å². The highest BCUT2D eigenvalue weighted by Gasteiger charge is 2.76. The van der Waals surface area contributed by atoms with Gasteiger partial charge < -0.3 is 9.47 Å². The van der Waals surface area contributed by atoms with E-state index in [0.29, 0.717) is 5.92 Å². The van der Waals surface area contributed by atoms with Gasteiger partial charge >= 0.3 is 11.9 Å². The highest BCUT2D eigenvalue weighted by molar-refractivity contribution is 6.03. The number of carbonyl (C=O) groups excluding carboxylic acids is 3. The van der Waals surface area contributed by atoms with Crippen LogP contribution in [0, 0.1) is 28.6 Å². The lowest BCUT2D eigenvalue weighted by molar-refractivity contribution is -0.168. The molecule has 146 valence electrons. The van der Waals surface area contributed by atoms with E-state index in [1.54, 1.807) is 0 Å². The predicted octanol–water partition coefficient (Wildman–Crippen LogP) is 3.36. The van der Waals surface area contributed by atoms with E-state index in [1.165, 1.54) is 12.5 Å². The minimum atomic E-state index is -0.684. The maximum atomic E-state index is 13.3. The Morgan fingerprint density at radius 3 is 2.59 bits per heavy atom. The van der Waals surface area contributed by atoms with Gasteiger partial charge in [-0.2, -0.15) is 0 Å². The van der Waals surface area contributed by atoms with Crippen molar-refractivity contribution in [3.8, 4) is 0 Å². The third-order valence-corrected chi connectivity index (χ3v) is 8.91. The summed E-state index contributed by atoms with van der Waals surface area (Å²) in [7, 11) is 0. The van der Waals surface area contributed by atoms with Crippen LogP contribution in [0.25, 0.3) is 0 Å². The van der Waals surface area contributed by atoms with Gasteiger partial charge in [0.05, 0.1) is 11.3 Å². The van der Waals surface area contributed by atoms with E-state index in [4.69, 9.17) is 9.47 Å². The summed E-state index contributed by atoms with van der Waals surface area (Å²) in [4.78, 5) is 37.2. The zero-order valence-corrected chi connectivity index (χ0v) is 16.4. The molecule has 2 bridgehead atoms. The maximum absolute atomic E-state index is 13.3. The van der Waals surface area contributed by atoms with Gasteiger partial charge in [0.1, 0.15) is 11.7 Å². The number of hydrogen-bond acceptors (Lipinski definition) is 5. The second-order valence-electron chi connectivity index (χ2n) is 9.82. The molecule has 5 heteroatoms. The fourth-order valence-corrected chi connectivity index (χ4v) is 7.43. The molecule has 1 saturated heterocycles. The molecule has 0 aromatic heterocycles. The predicted molar refractivity (Wildman–Crippen MR) is 96.5 cm³/mol. The van der Waals surface area contributed by atoms with Crippen LogP contribution in [0.15, 0.2) is 11.6 Å². The van der Waals surface area contributed by atoms with E-state index in [9.17, 15) is 14.4 Å². The Bertz CT molecular complexity index is 784. The van der Waals surface area contributed by atoms with E-state index in [2.05, 4.69) is 6.92 Å². The van der Waals surface area contributed by atoms with Gasteiger partial charge in [0.2, 0.25) is 0 Å². The Labute approximate surface area is 159 Å². The van der Waals surface area contributed by atoms with Crippen molar-refractivity contribution in [2.45, 2.75) is 77.4 Å². The van der Waals surface area contributed by atoms with E-state index >= 15 is 0 Å². The van der Waals surface area contributed by atoms with Crippen LogP contribution in [0.3, 0.4) is 0 Å². The number of fused-ring (bicyclic) bond motifs is 3. The molecule has 5 rings (SSSR count). The van der Waals surface area contributed by atoms with Crippen LogP contribution in [0.5, 0.6) is 0 Å².